The van der Waals surface area contributed by atoms with Crippen LogP contribution in [0.5, 0.6) is 0 Å². The van der Waals surface area contributed by atoms with Crippen molar-refractivity contribution in [2.24, 2.45) is 0 Å². The first-order valence-corrected chi connectivity index (χ1v) is 13.8. The van der Waals surface area contributed by atoms with Crippen molar-refractivity contribution in [2.75, 3.05) is 19.0 Å². The molecule has 0 saturated carbocycles. The Balaban J connectivity index is 3.53. The van der Waals surface area contributed by atoms with E-state index >= 15 is 0 Å². The van der Waals surface area contributed by atoms with E-state index in [0.29, 0.717) is 6.42 Å². The summed E-state index contributed by atoms with van der Waals surface area (Å²) in [4.78, 5) is 23.0. The fourth-order valence-electron chi connectivity index (χ4n) is 3.39. The molecular formula is C23H44O8S. The lowest BCUT2D eigenvalue weighted by atomic mass is 10.0. The van der Waals surface area contributed by atoms with Gasteiger partial charge in [0.2, 0.25) is 0 Å². The summed E-state index contributed by atoms with van der Waals surface area (Å²) in [5.41, 5.74) is 0. The lowest BCUT2D eigenvalue weighted by molar-refractivity contribution is -0.159. The lowest BCUT2D eigenvalue weighted by Gasteiger charge is -2.15. The fourth-order valence-corrected chi connectivity index (χ4v) is 3.76. The van der Waals surface area contributed by atoms with Gasteiger partial charge in [0, 0.05) is 6.42 Å². The molecule has 0 rings (SSSR count). The Morgan fingerprint density at radius 1 is 0.750 bits per heavy atom. The van der Waals surface area contributed by atoms with Crippen LogP contribution in [0.25, 0.3) is 0 Å². The van der Waals surface area contributed by atoms with Gasteiger partial charge in [0.25, 0.3) is 10.1 Å². The van der Waals surface area contributed by atoms with Crippen molar-refractivity contribution in [3.63, 3.8) is 0 Å². The van der Waals surface area contributed by atoms with Gasteiger partial charge >= 0.3 is 11.9 Å². The Hall–Kier alpha value is -1.19. The van der Waals surface area contributed by atoms with E-state index in [1.165, 1.54) is 77.0 Å². The van der Waals surface area contributed by atoms with Crippen molar-refractivity contribution in [3.8, 4) is 0 Å². The number of aliphatic hydroxyl groups excluding tert-OH is 1. The molecule has 0 bridgehead atoms. The molecule has 0 radical (unpaired) electrons. The molecule has 0 aliphatic carbocycles. The standard InChI is InChI=1S/C23H44O8S/c1-2-3-4-5-6-7-8-9-10-11-12-13-14-15-16-17-22(25)30-19-21(18-24)31-23(26)20-32(27,28)29/h21,24H,2-20H2,1H3,(H,27,28,29). The van der Waals surface area contributed by atoms with Crippen LogP contribution in [0.15, 0.2) is 0 Å². The van der Waals surface area contributed by atoms with Crippen LogP contribution >= 0.6 is 0 Å². The second-order valence-corrected chi connectivity index (χ2v) is 9.86. The molecule has 0 heterocycles. The summed E-state index contributed by atoms with van der Waals surface area (Å²) < 4.78 is 39.4. The molecule has 0 aromatic carbocycles. The molecule has 0 aromatic rings. The SMILES string of the molecule is CCCCCCCCCCCCCCCCCC(=O)OCC(CO)OC(=O)CS(=O)(=O)O. The van der Waals surface area contributed by atoms with Gasteiger partial charge in [0.1, 0.15) is 6.61 Å². The summed E-state index contributed by atoms with van der Waals surface area (Å²) in [6.07, 6.45) is 17.7. The van der Waals surface area contributed by atoms with Gasteiger partial charge in [-0.2, -0.15) is 8.42 Å². The van der Waals surface area contributed by atoms with Gasteiger partial charge in [-0.1, -0.05) is 96.8 Å². The van der Waals surface area contributed by atoms with Crippen LogP contribution in [0.3, 0.4) is 0 Å². The van der Waals surface area contributed by atoms with Crippen molar-refractivity contribution in [2.45, 2.75) is 116 Å². The first kappa shape index (κ1) is 30.8. The number of carbonyl (C=O) groups is 2. The molecule has 0 amide bonds. The van der Waals surface area contributed by atoms with Gasteiger partial charge in [-0.25, -0.2) is 0 Å². The molecule has 32 heavy (non-hydrogen) atoms. The average molecular weight is 481 g/mol. The number of unbranched alkanes of at least 4 members (excludes halogenated alkanes) is 14. The van der Waals surface area contributed by atoms with Crippen molar-refractivity contribution in [3.05, 3.63) is 0 Å². The van der Waals surface area contributed by atoms with E-state index in [-0.39, 0.29) is 13.0 Å². The molecule has 8 nitrogen and oxygen atoms in total. The monoisotopic (exact) mass is 480 g/mol. The molecule has 1 atom stereocenters. The van der Waals surface area contributed by atoms with Gasteiger partial charge in [0.05, 0.1) is 6.61 Å². The quantitative estimate of drug-likeness (QED) is 0.131. The third kappa shape index (κ3) is 22.0. The second-order valence-electron chi connectivity index (χ2n) is 8.40. The third-order valence-corrected chi connectivity index (χ3v) is 5.82. The Bertz CT molecular complexity index is 577. The van der Waals surface area contributed by atoms with Crippen LogP contribution in [-0.4, -0.2) is 55.1 Å². The van der Waals surface area contributed by atoms with Crippen LogP contribution in [0, 0.1) is 0 Å². The van der Waals surface area contributed by atoms with Crippen molar-refractivity contribution >= 4 is 22.1 Å². The zero-order valence-corrected chi connectivity index (χ0v) is 20.6. The Morgan fingerprint density at radius 2 is 1.19 bits per heavy atom. The summed E-state index contributed by atoms with van der Waals surface area (Å²) in [5, 5.41) is 9.12. The fraction of sp³-hybridized carbons (Fsp3) is 0.913. The van der Waals surface area contributed by atoms with E-state index in [2.05, 4.69) is 11.7 Å². The molecule has 2 N–H and O–H groups in total. The van der Waals surface area contributed by atoms with Crippen LogP contribution in [0.4, 0.5) is 0 Å². The van der Waals surface area contributed by atoms with Gasteiger partial charge in [-0.3, -0.25) is 14.1 Å². The molecule has 0 spiro atoms. The third-order valence-electron chi connectivity index (χ3n) is 5.22. The van der Waals surface area contributed by atoms with Gasteiger partial charge in [-0.05, 0) is 6.42 Å². The molecular weight excluding hydrogens is 436 g/mol. The van der Waals surface area contributed by atoms with Gasteiger partial charge in [-0.15, -0.1) is 0 Å². The van der Waals surface area contributed by atoms with E-state index < -0.39 is 40.5 Å². The first-order valence-electron chi connectivity index (χ1n) is 12.2. The predicted molar refractivity (Wildman–Crippen MR) is 124 cm³/mol. The van der Waals surface area contributed by atoms with Crippen molar-refractivity contribution in [1.29, 1.82) is 0 Å². The Kier molecular flexibility index (Phi) is 19.7. The summed E-state index contributed by atoms with van der Waals surface area (Å²) in [7, 11) is -4.51. The van der Waals surface area contributed by atoms with Crippen LogP contribution < -0.4 is 0 Å². The topological polar surface area (TPSA) is 127 Å². The Labute approximate surface area is 194 Å². The van der Waals surface area contributed by atoms with E-state index in [9.17, 15) is 18.0 Å². The molecule has 9 heteroatoms. The average Bonchev–Trinajstić information content (AvgIpc) is 2.72. The van der Waals surface area contributed by atoms with Crippen molar-refractivity contribution in [1.82, 2.24) is 0 Å². The minimum atomic E-state index is -4.51. The highest BCUT2D eigenvalue weighted by atomic mass is 32.2. The van der Waals surface area contributed by atoms with E-state index in [1.807, 2.05) is 0 Å². The first-order chi connectivity index (χ1) is 15.3. The molecule has 0 aromatic heterocycles. The van der Waals surface area contributed by atoms with Crippen LogP contribution in [0.1, 0.15) is 110 Å². The largest absolute Gasteiger partial charge is 0.462 e. The normalized spacial score (nSPS) is 12.5. The zero-order valence-electron chi connectivity index (χ0n) is 19.8. The summed E-state index contributed by atoms with van der Waals surface area (Å²) in [5.74, 6) is -2.88. The van der Waals surface area contributed by atoms with Gasteiger partial charge in [0.15, 0.2) is 11.9 Å². The summed E-state index contributed by atoms with van der Waals surface area (Å²) in [6, 6.07) is 0. The molecule has 190 valence electrons. The number of aliphatic hydroxyl groups is 1. The smallest absolute Gasteiger partial charge is 0.324 e. The molecule has 0 aliphatic heterocycles. The number of hydrogen-bond acceptors (Lipinski definition) is 7. The minimum absolute atomic E-state index is 0.245. The summed E-state index contributed by atoms with van der Waals surface area (Å²) in [6.45, 7) is 1.27. The summed E-state index contributed by atoms with van der Waals surface area (Å²) >= 11 is 0. The minimum Gasteiger partial charge on any atom is -0.462 e. The van der Waals surface area contributed by atoms with Crippen molar-refractivity contribution < 1.29 is 37.1 Å². The number of esters is 2. The maximum Gasteiger partial charge on any atom is 0.324 e. The van der Waals surface area contributed by atoms with Crippen LogP contribution in [-0.2, 0) is 29.2 Å². The maximum atomic E-state index is 11.7. The zero-order chi connectivity index (χ0) is 24.1. The highest BCUT2D eigenvalue weighted by molar-refractivity contribution is 7.86. The number of hydrogen-bond donors (Lipinski definition) is 2. The molecule has 0 fully saturated rings. The molecule has 0 aliphatic rings. The molecule has 1 unspecified atom stereocenters. The van der Waals surface area contributed by atoms with E-state index in [0.717, 1.165) is 12.8 Å². The number of ether oxygens (including phenoxy) is 2. The molecule has 0 saturated heterocycles. The second kappa shape index (κ2) is 20.4. The highest BCUT2D eigenvalue weighted by Gasteiger charge is 2.20. The van der Waals surface area contributed by atoms with Gasteiger partial charge < -0.3 is 14.6 Å². The lowest BCUT2D eigenvalue weighted by Crippen LogP contribution is -2.31. The maximum absolute atomic E-state index is 11.7. The number of carbonyl (C=O) groups excluding carboxylic acids is 2. The predicted octanol–water partition coefficient (Wildman–Crippen LogP) is 4.58. The van der Waals surface area contributed by atoms with E-state index in [4.69, 9.17) is 14.4 Å². The van der Waals surface area contributed by atoms with E-state index in [1.54, 1.807) is 0 Å². The Morgan fingerprint density at radius 3 is 1.59 bits per heavy atom. The van der Waals surface area contributed by atoms with Crippen LogP contribution in [0.2, 0.25) is 0 Å². The highest BCUT2D eigenvalue weighted by Crippen LogP contribution is 2.14. The number of rotatable bonds is 22.